The highest BCUT2D eigenvalue weighted by molar-refractivity contribution is 6.11. The molecule has 2 aliphatic heterocycles. The second-order valence-electron chi connectivity index (χ2n) is 9.33. The van der Waals surface area contributed by atoms with E-state index in [0.717, 1.165) is 30.4 Å². The van der Waals surface area contributed by atoms with Crippen molar-refractivity contribution in [3.8, 4) is 0 Å². The van der Waals surface area contributed by atoms with Gasteiger partial charge in [-0.25, -0.2) is 0 Å². The van der Waals surface area contributed by atoms with Crippen LogP contribution in [0.5, 0.6) is 0 Å². The van der Waals surface area contributed by atoms with Gasteiger partial charge in [0.05, 0.1) is 12.1 Å². The first-order chi connectivity index (χ1) is 16.7. The van der Waals surface area contributed by atoms with Gasteiger partial charge in [-0.1, -0.05) is 19.1 Å². The van der Waals surface area contributed by atoms with Crippen LogP contribution in [0.4, 0.5) is 24.5 Å². The fourth-order valence-electron chi connectivity index (χ4n) is 4.85. The summed E-state index contributed by atoms with van der Waals surface area (Å²) in [4.78, 5) is 14.8. The first kappa shape index (κ1) is 23.3. The fourth-order valence-corrected chi connectivity index (χ4v) is 4.85. The number of fused-ring (bicyclic) bond motifs is 1. The highest BCUT2D eigenvalue weighted by Crippen LogP contribution is 2.41. The lowest BCUT2D eigenvalue weighted by molar-refractivity contribution is -0.138. The molecule has 2 aliphatic rings. The monoisotopic (exact) mass is 484 g/mol. The highest BCUT2D eigenvalue weighted by Gasteiger charge is 2.40. The molecular weight excluding hydrogens is 457 g/mol. The number of aromatic nitrogens is 3. The van der Waals surface area contributed by atoms with Crippen LogP contribution >= 0.6 is 0 Å². The van der Waals surface area contributed by atoms with E-state index in [1.165, 1.54) is 4.90 Å². The van der Waals surface area contributed by atoms with Gasteiger partial charge in [0, 0.05) is 43.0 Å². The Bertz CT molecular complexity index is 1250. The molecule has 0 aliphatic carbocycles. The number of rotatable bonds is 6. The molecule has 2 unspecified atom stereocenters. The summed E-state index contributed by atoms with van der Waals surface area (Å²) < 4.78 is 43.8. The Hall–Kier alpha value is -3.40. The van der Waals surface area contributed by atoms with Crippen LogP contribution in [0.15, 0.2) is 42.7 Å². The van der Waals surface area contributed by atoms with Crippen LogP contribution in [0.2, 0.25) is 0 Å². The lowest BCUT2D eigenvalue weighted by Crippen LogP contribution is -2.23. The largest absolute Gasteiger partial charge is 0.416 e. The van der Waals surface area contributed by atoms with Crippen LogP contribution in [0.1, 0.15) is 52.1 Å². The molecule has 1 aromatic heterocycles. The van der Waals surface area contributed by atoms with Crippen molar-refractivity contribution in [3.05, 3.63) is 70.8 Å². The third-order valence-electron chi connectivity index (χ3n) is 6.82. The maximum absolute atomic E-state index is 14.0. The molecular formula is C25H27F3N6O. The number of benzene rings is 2. The van der Waals surface area contributed by atoms with Gasteiger partial charge in [-0.15, -0.1) is 10.2 Å². The zero-order chi connectivity index (χ0) is 24.7. The summed E-state index contributed by atoms with van der Waals surface area (Å²) in [6, 6.07) is 10.2. The predicted octanol–water partition coefficient (Wildman–Crippen LogP) is 4.11. The van der Waals surface area contributed by atoms with Crippen molar-refractivity contribution in [2.24, 2.45) is 7.05 Å². The van der Waals surface area contributed by atoms with Gasteiger partial charge in [-0.3, -0.25) is 4.79 Å². The minimum absolute atomic E-state index is 0.0233. The minimum atomic E-state index is -4.56. The Labute approximate surface area is 201 Å². The van der Waals surface area contributed by atoms with Crippen molar-refractivity contribution in [1.29, 1.82) is 0 Å². The number of hydrogen-bond donors (Lipinski definition) is 2. The number of amides is 1. The fraction of sp³-hybridized carbons (Fsp3) is 0.400. The first-order valence-electron chi connectivity index (χ1n) is 11.7. The minimum Gasteiger partial charge on any atom is -0.381 e. The standard InChI is InChI=1S/C25H27F3N6O/c1-15(8-23-32-30-14-33(23)2)16-4-3-5-19(9-16)34-13-21-20(24(34)35)10-18(11-22(21)25(26,27)28)31-17-6-7-29-12-17/h3-5,9-11,14-15,17,29,31H,6-8,12-13H2,1-2H3. The normalized spacial score (nSPS) is 18.7. The zero-order valence-corrected chi connectivity index (χ0v) is 19.6. The van der Waals surface area contributed by atoms with Crippen molar-refractivity contribution in [3.63, 3.8) is 0 Å². The van der Waals surface area contributed by atoms with Gasteiger partial charge in [0.1, 0.15) is 12.2 Å². The van der Waals surface area contributed by atoms with Crippen LogP contribution in [-0.2, 0) is 26.2 Å². The molecule has 0 saturated carbocycles. The molecule has 3 aromatic rings. The number of halogens is 3. The van der Waals surface area contributed by atoms with E-state index in [2.05, 4.69) is 20.8 Å². The molecule has 10 heteroatoms. The van der Waals surface area contributed by atoms with Gasteiger partial charge in [0.25, 0.3) is 5.91 Å². The molecule has 184 valence electrons. The number of carbonyl (C=O) groups is 1. The molecule has 0 bridgehead atoms. The molecule has 1 fully saturated rings. The Morgan fingerprint density at radius 2 is 2.09 bits per heavy atom. The molecule has 35 heavy (non-hydrogen) atoms. The maximum Gasteiger partial charge on any atom is 0.416 e. The van der Waals surface area contributed by atoms with E-state index in [4.69, 9.17) is 0 Å². The summed E-state index contributed by atoms with van der Waals surface area (Å²) in [5.74, 6) is 0.496. The van der Waals surface area contributed by atoms with E-state index >= 15 is 0 Å². The Kier molecular flexibility index (Phi) is 6.00. The SMILES string of the molecule is CC(Cc1nncn1C)c1cccc(N2Cc3c(cc(NC4CCNC4)cc3C(F)(F)F)C2=O)c1. The summed E-state index contributed by atoms with van der Waals surface area (Å²) in [7, 11) is 1.88. The van der Waals surface area contributed by atoms with E-state index < -0.39 is 17.6 Å². The lowest BCUT2D eigenvalue weighted by atomic mass is 9.97. The Morgan fingerprint density at radius 1 is 1.26 bits per heavy atom. The topological polar surface area (TPSA) is 75.1 Å². The molecule has 2 aromatic carbocycles. The van der Waals surface area contributed by atoms with Crippen molar-refractivity contribution < 1.29 is 18.0 Å². The Balaban J connectivity index is 1.44. The molecule has 0 radical (unpaired) electrons. The average molecular weight is 485 g/mol. The van der Waals surface area contributed by atoms with Crippen molar-refractivity contribution >= 4 is 17.3 Å². The van der Waals surface area contributed by atoms with Crippen molar-refractivity contribution in [2.75, 3.05) is 23.3 Å². The maximum atomic E-state index is 14.0. The predicted molar refractivity (Wildman–Crippen MR) is 126 cm³/mol. The van der Waals surface area contributed by atoms with E-state index in [1.807, 2.05) is 36.7 Å². The van der Waals surface area contributed by atoms with Gasteiger partial charge in [-0.2, -0.15) is 13.2 Å². The van der Waals surface area contributed by atoms with E-state index in [9.17, 15) is 18.0 Å². The summed E-state index contributed by atoms with van der Waals surface area (Å²) in [5.41, 5.74) is 1.25. The number of carbonyl (C=O) groups excluding carboxylic acids is 1. The molecule has 2 atom stereocenters. The second-order valence-corrected chi connectivity index (χ2v) is 9.33. The summed E-state index contributed by atoms with van der Waals surface area (Å²) in [6.07, 6.45) is -1.45. The van der Waals surface area contributed by atoms with Crippen molar-refractivity contribution in [2.45, 2.75) is 44.4 Å². The number of nitrogens with zero attached hydrogens (tertiary/aromatic N) is 4. The average Bonchev–Trinajstić information content (AvgIpc) is 3.55. The van der Waals surface area contributed by atoms with Crippen LogP contribution in [0.25, 0.3) is 0 Å². The number of hydrogen-bond acceptors (Lipinski definition) is 5. The highest BCUT2D eigenvalue weighted by atomic mass is 19.4. The van der Waals surface area contributed by atoms with Crippen molar-refractivity contribution in [1.82, 2.24) is 20.1 Å². The number of aryl methyl sites for hydroxylation is 1. The number of anilines is 2. The third kappa shape index (κ3) is 4.62. The molecule has 1 saturated heterocycles. The molecule has 7 nitrogen and oxygen atoms in total. The molecule has 3 heterocycles. The number of alkyl halides is 3. The van der Waals surface area contributed by atoms with E-state index in [0.29, 0.717) is 24.3 Å². The quantitative estimate of drug-likeness (QED) is 0.551. The smallest absolute Gasteiger partial charge is 0.381 e. The van der Waals surface area contributed by atoms with Gasteiger partial charge >= 0.3 is 6.18 Å². The van der Waals surface area contributed by atoms with Crippen LogP contribution in [0.3, 0.4) is 0 Å². The van der Waals surface area contributed by atoms with Gasteiger partial charge < -0.3 is 20.1 Å². The van der Waals surface area contributed by atoms with E-state index in [-0.39, 0.29) is 29.6 Å². The summed E-state index contributed by atoms with van der Waals surface area (Å²) >= 11 is 0. The molecule has 5 rings (SSSR count). The van der Waals surface area contributed by atoms with Crippen LogP contribution in [0, 0.1) is 0 Å². The molecule has 2 N–H and O–H groups in total. The summed E-state index contributed by atoms with van der Waals surface area (Å²) in [6.45, 7) is 3.42. The first-order valence-corrected chi connectivity index (χ1v) is 11.7. The van der Waals surface area contributed by atoms with Gasteiger partial charge in [0.15, 0.2) is 0 Å². The second kappa shape index (κ2) is 8.99. The van der Waals surface area contributed by atoms with E-state index in [1.54, 1.807) is 18.5 Å². The van der Waals surface area contributed by atoms with Crippen LogP contribution in [-0.4, -0.2) is 39.8 Å². The molecule has 0 spiro atoms. The number of nitrogens with one attached hydrogen (secondary N) is 2. The Morgan fingerprint density at radius 3 is 2.77 bits per heavy atom. The van der Waals surface area contributed by atoms with Crippen LogP contribution < -0.4 is 15.5 Å². The van der Waals surface area contributed by atoms with Gasteiger partial charge in [-0.05, 0) is 54.3 Å². The zero-order valence-electron chi connectivity index (χ0n) is 19.6. The molecule has 1 amide bonds. The summed E-state index contributed by atoms with van der Waals surface area (Å²) in [5, 5.41) is 14.4. The van der Waals surface area contributed by atoms with Gasteiger partial charge in [0.2, 0.25) is 0 Å². The lowest BCUT2D eigenvalue weighted by Gasteiger charge is -2.19. The third-order valence-corrected chi connectivity index (χ3v) is 6.82.